The number of rotatable bonds is 1. The first kappa shape index (κ1) is 5.08. The van der Waals surface area contributed by atoms with Gasteiger partial charge >= 0.3 is 0 Å². The highest BCUT2D eigenvalue weighted by Gasteiger charge is 1.61. The van der Waals surface area contributed by atoms with Gasteiger partial charge in [-0.05, 0) is 18.3 Å². The van der Waals surface area contributed by atoms with Crippen molar-refractivity contribution in [2.24, 2.45) is 0 Å². The van der Waals surface area contributed by atoms with Gasteiger partial charge in [-0.15, -0.1) is 0 Å². The van der Waals surface area contributed by atoms with Crippen molar-refractivity contribution in [2.45, 2.75) is 0 Å². The molecule has 0 saturated carbocycles. The Bertz CT molecular complexity index is 5.25. The molecule has 0 aromatic carbocycles. The van der Waals surface area contributed by atoms with E-state index >= 15 is 0 Å². The van der Waals surface area contributed by atoms with Crippen LogP contribution < -0.4 is 0 Å². The molecule has 0 saturated heterocycles. The minimum atomic E-state index is 0.542. The van der Waals surface area contributed by atoms with Gasteiger partial charge in [0, 0.05) is 8.70 Å². The maximum absolute atomic E-state index is 2.89. The Balaban J connectivity index is 1.97. The molecule has 1 unspecified atom stereocenters. The van der Waals surface area contributed by atoms with E-state index in [9.17, 15) is 0 Å². The van der Waals surface area contributed by atoms with Gasteiger partial charge in [0.15, 0.2) is 0 Å². The van der Waals surface area contributed by atoms with Gasteiger partial charge in [0.2, 0.25) is 0 Å². The average molecular weight is 124 g/mol. The van der Waals surface area contributed by atoms with Crippen LogP contribution in [-0.4, -0.2) is 27.0 Å². The summed E-state index contributed by atoms with van der Waals surface area (Å²) >= 11 is 0. The lowest BCUT2D eigenvalue weighted by molar-refractivity contribution is 4.23. The topological polar surface area (TPSA) is 0 Å². The van der Waals surface area contributed by atoms with Crippen LogP contribution in [0.2, 0.25) is 0 Å². The molecule has 0 aliphatic heterocycles. The standard InChI is InChI=1S/H9PSi3/c1-3-4-2/h1,3-4H2,2H3. The van der Waals surface area contributed by atoms with Crippen molar-refractivity contribution in [3.63, 3.8) is 0 Å². The highest BCUT2D eigenvalue weighted by atomic mass is 31.3. The predicted molar refractivity (Wildman–Crippen MR) is 36.7 cm³/mol. The van der Waals surface area contributed by atoms with E-state index in [1.54, 1.807) is 9.76 Å². The quantitative estimate of drug-likeness (QED) is 0.264. The van der Waals surface area contributed by atoms with E-state index in [0.717, 1.165) is 0 Å². The van der Waals surface area contributed by atoms with Crippen molar-refractivity contribution in [2.75, 3.05) is 0 Å². The molecule has 0 N–H and O–H groups in total. The zero-order chi connectivity index (χ0) is 3.41. The summed E-state index contributed by atoms with van der Waals surface area (Å²) in [5.74, 6) is 0. The van der Waals surface area contributed by atoms with Gasteiger partial charge in [-0.1, -0.05) is 0 Å². The van der Waals surface area contributed by atoms with Crippen LogP contribution in [0.25, 0.3) is 0 Å². The first-order chi connectivity index (χ1) is 1.91. The largest absolute Gasteiger partial charge is 0.159 e. The normalized spacial score (nSPS) is 14.2. The molecule has 0 aromatic heterocycles. The third-order valence-electron chi connectivity index (χ3n) is 0.289. The second-order valence-electron chi connectivity index (χ2n) is 0.789. The van der Waals surface area contributed by atoms with E-state index in [4.69, 9.17) is 0 Å². The Kier molecular flexibility index (Phi) is 5.18. The summed E-state index contributed by atoms with van der Waals surface area (Å²) in [6, 6.07) is 0. The summed E-state index contributed by atoms with van der Waals surface area (Å²) in [6.45, 7) is 0. The van der Waals surface area contributed by atoms with E-state index in [2.05, 4.69) is 8.79 Å². The van der Waals surface area contributed by atoms with Crippen LogP contribution in [0.3, 0.4) is 0 Å². The number of hydrogen-bond acceptors (Lipinski definition) is 0. The molecule has 0 fully saturated rings. The third-order valence-corrected chi connectivity index (χ3v) is 23.4. The molecule has 0 spiro atoms. The van der Waals surface area contributed by atoms with E-state index in [-0.39, 0.29) is 0 Å². The van der Waals surface area contributed by atoms with E-state index < -0.39 is 0 Å². The fourth-order valence-corrected chi connectivity index (χ4v) is 0. The Morgan fingerprint density at radius 3 is 2.00 bits per heavy atom. The maximum atomic E-state index is 2.89. The molecule has 0 heterocycles. The second-order valence-corrected chi connectivity index (χ2v) is 21.3. The molecular formula is H9PSi3. The van der Waals surface area contributed by atoms with Crippen molar-refractivity contribution >= 4 is 35.8 Å². The first-order valence-electron chi connectivity index (χ1n) is 1.62. The molecule has 1 atom stereocenters. The maximum Gasteiger partial charge on any atom is 0.0259 e. The zero-order valence-electron chi connectivity index (χ0n) is 2.99. The molecule has 0 amide bonds. The van der Waals surface area contributed by atoms with Crippen LogP contribution in [-0.2, 0) is 0 Å². The summed E-state index contributed by atoms with van der Waals surface area (Å²) in [5.41, 5.74) is 0. The second kappa shape index (κ2) is 4.08. The summed E-state index contributed by atoms with van der Waals surface area (Å²) in [6.07, 6.45) is 0. The van der Waals surface area contributed by atoms with Gasteiger partial charge in [-0.2, -0.15) is 8.79 Å². The molecule has 0 radical (unpaired) electrons. The Morgan fingerprint density at radius 1 is 1.75 bits per heavy atom. The molecule has 0 rings (SSSR count). The lowest BCUT2D eigenvalue weighted by Gasteiger charge is -1.63. The molecule has 0 aromatic rings. The van der Waals surface area contributed by atoms with Crippen molar-refractivity contribution in [3.8, 4) is 0 Å². The van der Waals surface area contributed by atoms with Crippen molar-refractivity contribution < 1.29 is 0 Å². The summed E-state index contributed by atoms with van der Waals surface area (Å²) in [5, 5.41) is 0. The molecule has 26 valence electrons. The van der Waals surface area contributed by atoms with E-state index in [1.807, 2.05) is 0 Å². The summed E-state index contributed by atoms with van der Waals surface area (Å²) < 4.78 is 0. The van der Waals surface area contributed by atoms with Gasteiger partial charge in [0.25, 0.3) is 0 Å². The van der Waals surface area contributed by atoms with Crippen molar-refractivity contribution in [1.29, 1.82) is 0 Å². The van der Waals surface area contributed by atoms with Crippen molar-refractivity contribution in [1.82, 2.24) is 0 Å². The van der Waals surface area contributed by atoms with Gasteiger partial charge in [0.05, 0.1) is 0 Å². The monoisotopic (exact) mass is 124 g/mol. The van der Waals surface area contributed by atoms with Gasteiger partial charge < -0.3 is 0 Å². The smallest absolute Gasteiger partial charge is 0.0259 e. The van der Waals surface area contributed by atoms with Crippen molar-refractivity contribution in [3.05, 3.63) is 0 Å². The molecular weight excluding hydrogens is 115 g/mol. The Hall–Kier alpha value is 1.08. The van der Waals surface area contributed by atoms with E-state index in [0.29, 0.717) is 17.3 Å². The van der Waals surface area contributed by atoms with Gasteiger partial charge in [0.1, 0.15) is 0 Å². The van der Waals surface area contributed by atoms with Gasteiger partial charge in [-0.3, -0.25) is 0 Å². The Morgan fingerprint density at radius 2 is 2.00 bits per heavy atom. The van der Waals surface area contributed by atoms with Crippen LogP contribution in [0.4, 0.5) is 0 Å². The van der Waals surface area contributed by atoms with Crippen LogP contribution in [0.5, 0.6) is 0 Å². The third kappa shape index (κ3) is 3.08. The van der Waals surface area contributed by atoms with Crippen LogP contribution in [0, 0.1) is 0 Å². The molecule has 0 nitrogen and oxygen atoms in total. The highest BCUT2D eigenvalue weighted by molar-refractivity contribution is 7.71. The molecule has 0 aliphatic carbocycles. The van der Waals surface area contributed by atoms with Crippen LogP contribution >= 0.6 is 8.79 Å². The highest BCUT2D eigenvalue weighted by Crippen LogP contribution is 1.62. The lowest BCUT2D eigenvalue weighted by atomic mass is 26.6. The number of hydrogen-bond donors (Lipinski definition) is 0. The van der Waals surface area contributed by atoms with Gasteiger partial charge in [-0.25, -0.2) is 0 Å². The van der Waals surface area contributed by atoms with E-state index in [1.165, 1.54) is 0 Å². The minimum Gasteiger partial charge on any atom is -0.159 e. The lowest BCUT2D eigenvalue weighted by Crippen LogP contribution is -1.90. The fourth-order valence-electron chi connectivity index (χ4n) is 0. The molecule has 0 bridgehead atoms. The summed E-state index contributed by atoms with van der Waals surface area (Å²) in [7, 11) is 5.67. The fraction of sp³-hybridized carbons (Fsp3) is 0. The Labute approximate surface area is 36.5 Å². The van der Waals surface area contributed by atoms with Crippen LogP contribution in [0.15, 0.2) is 0 Å². The zero-order valence-corrected chi connectivity index (χ0v) is 8.97. The molecule has 4 heavy (non-hydrogen) atoms. The van der Waals surface area contributed by atoms with Crippen LogP contribution in [0.1, 0.15) is 0 Å². The molecule has 0 aliphatic rings. The average Bonchev–Trinajstić information content (AvgIpc) is 1.37. The SMILES string of the molecule is [SiH3][SiH2][SiH2]P. The predicted octanol–water partition coefficient (Wildman–Crippen LogP) is -2.69. The first-order valence-corrected chi connectivity index (χ1v) is 14.5. The minimum absolute atomic E-state index is 0.542. The molecule has 4 heteroatoms. The summed E-state index contributed by atoms with van der Waals surface area (Å²) in [4.78, 5) is 0.